The third-order valence-corrected chi connectivity index (χ3v) is 1.65. The second-order valence-electron chi connectivity index (χ2n) is 2.42. The molecule has 0 fully saturated rings. The van der Waals surface area contributed by atoms with E-state index < -0.39 is 11.6 Å². The first-order valence-electron chi connectivity index (χ1n) is 3.52. The Hall–Kier alpha value is -0.920. The maximum absolute atomic E-state index is 12.9. The first-order chi connectivity index (χ1) is 5.16. The number of rotatable bonds is 1. The minimum Gasteiger partial charge on any atom is -0.203 e. The van der Waals surface area contributed by atoms with E-state index in [0.717, 1.165) is 0 Å². The normalized spacial score (nSPS) is 10.2. The second kappa shape index (κ2) is 2.99. The van der Waals surface area contributed by atoms with Gasteiger partial charge in [0.25, 0.3) is 0 Å². The van der Waals surface area contributed by atoms with Crippen molar-refractivity contribution < 1.29 is 8.78 Å². The molecule has 0 saturated heterocycles. The zero-order valence-corrected chi connectivity index (χ0v) is 6.54. The van der Waals surface area contributed by atoms with E-state index in [1.165, 1.54) is 13.0 Å². The lowest BCUT2D eigenvalue weighted by Gasteiger charge is -2.01. The van der Waals surface area contributed by atoms with Gasteiger partial charge < -0.3 is 0 Å². The molecular weight excluding hydrogens is 146 g/mol. The lowest BCUT2D eigenvalue weighted by molar-refractivity contribution is 0.494. The van der Waals surface area contributed by atoms with Gasteiger partial charge in [0.05, 0.1) is 0 Å². The third kappa shape index (κ3) is 1.39. The molecular formula is C9H9F2. The van der Waals surface area contributed by atoms with E-state index in [4.69, 9.17) is 0 Å². The van der Waals surface area contributed by atoms with Gasteiger partial charge in [-0.05, 0) is 36.6 Å². The molecule has 0 saturated carbocycles. The highest BCUT2D eigenvalue weighted by Gasteiger charge is 2.08. The molecule has 11 heavy (non-hydrogen) atoms. The largest absolute Gasteiger partial charge is 0.203 e. The van der Waals surface area contributed by atoms with Crippen LogP contribution in [0.25, 0.3) is 0 Å². The molecule has 0 aliphatic carbocycles. The summed E-state index contributed by atoms with van der Waals surface area (Å²) in [6.45, 7) is 3.28. The van der Waals surface area contributed by atoms with Crippen LogP contribution in [-0.4, -0.2) is 0 Å². The second-order valence-corrected chi connectivity index (χ2v) is 2.42. The van der Waals surface area contributed by atoms with Crippen LogP contribution in [0.3, 0.4) is 0 Å². The molecule has 0 aromatic heterocycles. The average Bonchev–Trinajstić information content (AvgIpc) is 2.01. The molecule has 0 N–H and O–H groups in total. The van der Waals surface area contributed by atoms with Gasteiger partial charge in [0.15, 0.2) is 11.6 Å². The van der Waals surface area contributed by atoms with Crippen LogP contribution in [0, 0.1) is 24.6 Å². The highest BCUT2D eigenvalue weighted by molar-refractivity contribution is 5.24. The summed E-state index contributed by atoms with van der Waals surface area (Å²) >= 11 is 0. The quantitative estimate of drug-likeness (QED) is 0.584. The van der Waals surface area contributed by atoms with Crippen molar-refractivity contribution in [3.05, 3.63) is 34.9 Å². The molecule has 59 valence electrons. The van der Waals surface area contributed by atoms with Crippen LogP contribution in [0.1, 0.15) is 18.1 Å². The Kier molecular flexibility index (Phi) is 2.22. The molecule has 2 heteroatoms. The van der Waals surface area contributed by atoms with Gasteiger partial charge in [0, 0.05) is 0 Å². The summed E-state index contributed by atoms with van der Waals surface area (Å²) in [5.41, 5.74) is 0.618. The van der Waals surface area contributed by atoms with E-state index in [1.807, 2.05) is 0 Å². The predicted octanol–water partition coefficient (Wildman–Crippen LogP) is 2.64. The SMILES string of the molecule is CCc1c[c]c(C)c(F)c1F. The summed E-state index contributed by atoms with van der Waals surface area (Å²) < 4.78 is 25.6. The molecule has 0 bridgehead atoms. The highest BCUT2D eigenvalue weighted by atomic mass is 19.2. The number of hydrogen-bond acceptors (Lipinski definition) is 0. The minimum absolute atomic E-state index is 0.236. The molecule has 0 aliphatic rings. The van der Waals surface area contributed by atoms with Crippen LogP contribution in [0.5, 0.6) is 0 Å². The van der Waals surface area contributed by atoms with E-state index in [2.05, 4.69) is 6.07 Å². The maximum Gasteiger partial charge on any atom is 0.162 e. The van der Waals surface area contributed by atoms with Crippen LogP contribution >= 0.6 is 0 Å². The van der Waals surface area contributed by atoms with Gasteiger partial charge in [-0.3, -0.25) is 0 Å². The molecule has 0 amide bonds. The van der Waals surface area contributed by atoms with E-state index in [1.54, 1.807) is 6.92 Å². The summed E-state index contributed by atoms with van der Waals surface area (Å²) in [6.07, 6.45) is 0.500. The lowest BCUT2D eigenvalue weighted by Crippen LogP contribution is -1.95. The van der Waals surface area contributed by atoms with Crippen LogP contribution in [0.2, 0.25) is 0 Å². The molecule has 1 rings (SSSR count). The molecule has 0 aliphatic heterocycles. The van der Waals surface area contributed by atoms with Crippen molar-refractivity contribution in [2.45, 2.75) is 20.3 Å². The number of hydrogen-bond donors (Lipinski definition) is 0. The fourth-order valence-electron chi connectivity index (χ4n) is 0.885. The third-order valence-electron chi connectivity index (χ3n) is 1.65. The predicted molar refractivity (Wildman–Crippen MR) is 39.3 cm³/mol. The maximum atomic E-state index is 12.9. The Morgan fingerprint density at radius 3 is 2.55 bits per heavy atom. The van der Waals surface area contributed by atoms with E-state index in [9.17, 15) is 8.78 Å². The Morgan fingerprint density at radius 2 is 2.00 bits per heavy atom. The van der Waals surface area contributed by atoms with Crippen molar-refractivity contribution in [1.82, 2.24) is 0 Å². The van der Waals surface area contributed by atoms with E-state index in [-0.39, 0.29) is 5.56 Å². The van der Waals surface area contributed by atoms with Crippen molar-refractivity contribution in [1.29, 1.82) is 0 Å². The van der Waals surface area contributed by atoms with Gasteiger partial charge in [0.2, 0.25) is 0 Å². The Bertz CT molecular complexity index is 267. The van der Waals surface area contributed by atoms with Crippen LogP contribution in [0.15, 0.2) is 6.07 Å². The monoisotopic (exact) mass is 155 g/mol. The summed E-state index contributed by atoms with van der Waals surface area (Å²) in [5.74, 6) is -1.51. The summed E-state index contributed by atoms with van der Waals surface area (Å²) in [6, 6.07) is 4.14. The van der Waals surface area contributed by atoms with Crippen LogP contribution in [0.4, 0.5) is 8.78 Å². The fourth-order valence-corrected chi connectivity index (χ4v) is 0.885. The van der Waals surface area contributed by atoms with Gasteiger partial charge in [-0.15, -0.1) is 0 Å². The molecule has 0 heterocycles. The first-order valence-corrected chi connectivity index (χ1v) is 3.52. The van der Waals surface area contributed by atoms with Crippen molar-refractivity contribution in [2.24, 2.45) is 0 Å². The van der Waals surface area contributed by atoms with Crippen molar-refractivity contribution >= 4 is 0 Å². The number of halogens is 2. The lowest BCUT2D eigenvalue weighted by atomic mass is 10.1. The smallest absolute Gasteiger partial charge is 0.162 e. The van der Waals surface area contributed by atoms with E-state index in [0.29, 0.717) is 12.0 Å². The van der Waals surface area contributed by atoms with Gasteiger partial charge in [-0.25, -0.2) is 8.78 Å². The standard InChI is InChI=1S/C9H9F2/c1-3-7-5-4-6(2)8(10)9(7)11/h5H,3H2,1-2H3. The fraction of sp³-hybridized carbons (Fsp3) is 0.333. The van der Waals surface area contributed by atoms with Crippen LogP contribution in [-0.2, 0) is 6.42 Å². The number of benzene rings is 1. The molecule has 0 atom stereocenters. The molecule has 0 spiro atoms. The van der Waals surface area contributed by atoms with Crippen LogP contribution < -0.4 is 0 Å². The average molecular weight is 155 g/mol. The highest BCUT2D eigenvalue weighted by Crippen LogP contribution is 2.14. The molecule has 1 aromatic carbocycles. The van der Waals surface area contributed by atoms with Crippen molar-refractivity contribution in [3.8, 4) is 0 Å². The van der Waals surface area contributed by atoms with Gasteiger partial charge in [0.1, 0.15) is 0 Å². The Balaban J connectivity index is 3.25. The zero-order valence-electron chi connectivity index (χ0n) is 6.54. The topological polar surface area (TPSA) is 0 Å². The molecule has 1 aromatic rings. The van der Waals surface area contributed by atoms with E-state index >= 15 is 0 Å². The Labute approximate surface area is 64.9 Å². The van der Waals surface area contributed by atoms with Gasteiger partial charge in [-0.2, -0.15) is 0 Å². The first kappa shape index (κ1) is 8.18. The molecule has 0 unspecified atom stereocenters. The summed E-state index contributed by atoms with van der Waals surface area (Å²) in [4.78, 5) is 0. The Morgan fingerprint density at radius 1 is 1.36 bits per heavy atom. The summed E-state index contributed by atoms with van der Waals surface area (Å²) in [7, 11) is 0. The summed E-state index contributed by atoms with van der Waals surface area (Å²) in [5, 5.41) is 0. The van der Waals surface area contributed by atoms with Gasteiger partial charge in [-0.1, -0.05) is 6.92 Å². The van der Waals surface area contributed by atoms with Crippen molar-refractivity contribution in [3.63, 3.8) is 0 Å². The minimum atomic E-state index is -0.774. The molecule has 0 nitrogen and oxygen atoms in total. The molecule has 1 radical (unpaired) electrons. The van der Waals surface area contributed by atoms with Crippen molar-refractivity contribution in [2.75, 3.05) is 0 Å². The number of aryl methyl sites for hydroxylation is 2. The zero-order chi connectivity index (χ0) is 8.43. The van der Waals surface area contributed by atoms with Gasteiger partial charge >= 0.3 is 0 Å².